The normalized spacial score (nSPS) is 19.3. The van der Waals surface area contributed by atoms with Gasteiger partial charge < -0.3 is 15.3 Å². The predicted octanol–water partition coefficient (Wildman–Crippen LogP) is 3.60. The summed E-state index contributed by atoms with van der Waals surface area (Å²) >= 11 is 0. The smallest absolute Gasteiger partial charge is 0.304 e. The van der Waals surface area contributed by atoms with Gasteiger partial charge in [-0.3, -0.25) is 14.4 Å². The van der Waals surface area contributed by atoms with Gasteiger partial charge in [-0.15, -0.1) is 0 Å². The molecule has 1 fully saturated rings. The Morgan fingerprint density at radius 1 is 1.22 bits per heavy atom. The number of amides is 2. The molecule has 3 rings (SSSR count). The summed E-state index contributed by atoms with van der Waals surface area (Å²) in [5.41, 5.74) is 1.66. The highest BCUT2D eigenvalue weighted by molar-refractivity contribution is 5.98. The van der Waals surface area contributed by atoms with Crippen LogP contribution in [0, 0.1) is 11.3 Å². The SMILES string of the molecule is CC(=O)N1CCc2cc(NC(=O)C(C)(CC(=O)O)C3CCCCC3)ccc21. The first-order valence-electron chi connectivity index (χ1n) is 9.75. The molecular weight excluding hydrogens is 344 g/mol. The minimum absolute atomic E-state index is 0.0110. The summed E-state index contributed by atoms with van der Waals surface area (Å²) < 4.78 is 0. The van der Waals surface area contributed by atoms with E-state index in [-0.39, 0.29) is 24.2 Å². The van der Waals surface area contributed by atoms with Crippen molar-refractivity contribution in [2.24, 2.45) is 11.3 Å². The lowest BCUT2D eigenvalue weighted by Gasteiger charge is -2.37. The first-order valence-corrected chi connectivity index (χ1v) is 9.75. The minimum atomic E-state index is -0.940. The molecule has 1 unspecified atom stereocenters. The Hall–Kier alpha value is -2.37. The third kappa shape index (κ3) is 3.99. The van der Waals surface area contributed by atoms with Crippen molar-refractivity contribution < 1.29 is 19.5 Å². The Morgan fingerprint density at radius 3 is 2.56 bits per heavy atom. The molecule has 0 saturated heterocycles. The average Bonchev–Trinajstić information content (AvgIpc) is 3.05. The number of fused-ring (bicyclic) bond motifs is 1. The monoisotopic (exact) mass is 372 g/mol. The number of carboxylic acids is 1. The van der Waals surface area contributed by atoms with E-state index in [4.69, 9.17) is 0 Å². The highest BCUT2D eigenvalue weighted by Gasteiger charge is 2.43. The van der Waals surface area contributed by atoms with E-state index in [2.05, 4.69) is 5.32 Å². The highest BCUT2D eigenvalue weighted by atomic mass is 16.4. The van der Waals surface area contributed by atoms with E-state index >= 15 is 0 Å². The van der Waals surface area contributed by atoms with Crippen LogP contribution in [0.4, 0.5) is 11.4 Å². The first-order chi connectivity index (χ1) is 12.8. The molecule has 1 atom stereocenters. The van der Waals surface area contributed by atoms with Gasteiger partial charge in [0.15, 0.2) is 0 Å². The number of nitrogens with one attached hydrogen (secondary N) is 1. The summed E-state index contributed by atoms with van der Waals surface area (Å²) in [6, 6.07) is 5.55. The topological polar surface area (TPSA) is 86.7 Å². The number of nitrogens with zero attached hydrogens (tertiary/aromatic N) is 1. The predicted molar refractivity (Wildman–Crippen MR) is 104 cm³/mol. The van der Waals surface area contributed by atoms with Gasteiger partial charge in [0.1, 0.15) is 0 Å². The largest absolute Gasteiger partial charge is 0.481 e. The van der Waals surface area contributed by atoms with E-state index in [9.17, 15) is 19.5 Å². The van der Waals surface area contributed by atoms with E-state index in [0.717, 1.165) is 49.8 Å². The Labute approximate surface area is 159 Å². The van der Waals surface area contributed by atoms with Crippen molar-refractivity contribution >= 4 is 29.2 Å². The van der Waals surface area contributed by atoms with Crippen LogP contribution in [0.25, 0.3) is 0 Å². The van der Waals surface area contributed by atoms with Crippen molar-refractivity contribution in [2.75, 3.05) is 16.8 Å². The molecule has 6 nitrogen and oxygen atoms in total. The number of carboxylic acid groups (broad SMARTS) is 1. The zero-order valence-corrected chi connectivity index (χ0v) is 16.1. The molecule has 1 saturated carbocycles. The number of rotatable bonds is 5. The molecule has 0 bridgehead atoms. The van der Waals surface area contributed by atoms with Crippen LogP contribution in [0.1, 0.15) is 57.9 Å². The zero-order valence-electron chi connectivity index (χ0n) is 16.1. The molecule has 2 N–H and O–H groups in total. The molecule has 1 heterocycles. The van der Waals surface area contributed by atoms with E-state index < -0.39 is 11.4 Å². The first kappa shape index (κ1) is 19.4. The maximum atomic E-state index is 13.1. The van der Waals surface area contributed by atoms with Gasteiger partial charge in [0, 0.05) is 24.8 Å². The second-order valence-electron chi connectivity index (χ2n) is 8.04. The fraction of sp³-hybridized carbons (Fsp3) is 0.571. The van der Waals surface area contributed by atoms with Crippen molar-refractivity contribution in [2.45, 2.75) is 58.8 Å². The molecule has 0 spiro atoms. The van der Waals surface area contributed by atoms with Crippen LogP contribution in [-0.2, 0) is 20.8 Å². The summed E-state index contributed by atoms with van der Waals surface area (Å²) in [6.07, 6.45) is 5.64. The molecule has 0 aromatic heterocycles. The standard InChI is InChI=1S/C21H28N2O4/c1-14(24)23-11-10-15-12-17(8-9-18(15)23)22-20(27)21(2,13-19(25)26)16-6-4-3-5-7-16/h8-9,12,16H,3-7,10-11,13H2,1-2H3,(H,22,27)(H,25,26). The summed E-state index contributed by atoms with van der Waals surface area (Å²) in [5, 5.41) is 12.3. The van der Waals surface area contributed by atoms with Crippen LogP contribution in [0.5, 0.6) is 0 Å². The van der Waals surface area contributed by atoms with Gasteiger partial charge in [0.05, 0.1) is 11.8 Å². The van der Waals surface area contributed by atoms with E-state index in [1.54, 1.807) is 24.8 Å². The van der Waals surface area contributed by atoms with Gasteiger partial charge in [0.25, 0.3) is 0 Å². The number of hydrogen-bond acceptors (Lipinski definition) is 3. The maximum Gasteiger partial charge on any atom is 0.304 e. The number of benzene rings is 1. The second-order valence-corrected chi connectivity index (χ2v) is 8.04. The molecule has 1 aliphatic carbocycles. The van der Waals surface area contributed by atoms with Gasteiger partial charge >= 0.3 is 5.97 Å². The molecule has 2 amide bonds. The van der Waals surface area contributed by atoms with Crippen molar-refractivity contribution in [3.05, 3.63) is 23.8 Å². The van der Waals surface area contributed by atoms with Gasteiger partial charge in [-0.2, -0.15) is 0 Å². The molecule has 1 aromatic carbocycles. The van der Waals surface area contributed by atoms with Crippen LogP contribution in [-0.4, -0.2) is 29.4 Å². The fourth-order valence-corrected chi connectivity index (χ4v) is 4.54. The minimum Gasteiger partial charge on any atom is -0.481 e. The van der Waals surface area contributed by atoms with Gasteiger partial charge in [-0.25, -0.2) is 0 Å². The van der Waals surface area contributed by atoms with Gasteiger partial charge in [-0.05, 0) is 55.9 Å². The number of hydrogen-bond donors (Lipinski definition) is 2. The summed E-state index contributed by atoms with van der Waals surface area (Å²) in [7, 11) is 0. The summed E-state index contributed by atoms with van der Waals surface area (Å²) in [6.45, 7) is 3.99. The van der Waals surface area contributed by atoms with E-state index in [0.29, 0.717) is 12.2 Å². The Morgan fingerprint density at radius 2 is 1.93 bits per heavy atom. The van der Waals surface area contributed by atoms with E-state index in [1.165, 1.54) is 0 Å². The van der Waals surface area contributed by atoms with Crippen LogP contribution >= 0.6 is 0 Å². The zero-order chi connectivity index (χ0) is 19.6. The second kappa shape index (κ2) is 7.71. The third-order valence-electron chi connectivity index (χ3n) is 6.16. The summed E-state index contributed by atoms with van der Waals surface area (Å²) in [4.78, 5) is 38.0. The Bertz CT molecular complexity index is 755. The van der Waals surface area contributed by atoms with Crippen molar-refractivity contribution in [1.29, 1.82) is 0 Å². The molecule has 6 heteroatoms. The quantitative estimate of drug-likeness (QED) is 0.827. The highest BCUT2D eigenvalue weighted by Crippen LogP contribution is 2.42. The number of anilines is 2. The van der Waals surface area contributed by atoms with Gasteiger partial charge in [-0.1, -0.05) is 19.3 Å². The lowest BCUT2D eigenvalue weighted by molar-refractivity contribution is -0.145. The lowest BCUT2D eigenvalue weighted by atomic mass is 9.67. The van der Waals surface area contributed by atoms with Crippen LogP contribution in [0.15, 0.2) is 18.2 Å². The number of carbonyl (C=O) groups is 3. The van der Waals surface area contributed by atoms with Gasteiger partial charge in [0.2, 0.25) is 11.8 Å². The molecule has 1 aromatic rings. The third-order valence-corrected chi connectivity index (χ3v) is 6.16. The average molecular weight is 372 g/mol. The Balaban J connectivity index is 1.79. The van der Waals surface area contributed by atoms with Crippen LogP contribution in [0.2, 0.25) is 0 Å². The van der Waals surface area contributed by atoms with E-state index in [1.807, 2.05) is 12.1 Å². The van der Waals surface area contributed by atoms with Crippen molar-refractivity contribution in [3.8, 4) is 0 Å². The molecule has 1 aliphatic heterocycles. The van der Waals surface area contributed by atoms with Crippen molar-refractivity contribution in [1.82, 2.24) is 0 Å². The summed E-state index contributed by atoms with van der Waals surface area (Å²) in [5.74, 6) is -1.07. The number of aliphatic carboxylic acids is 1. The fourth-order valence-electron chi connectivity index (χ4n) is 4.54. The van der Waals surface area contributed by atoms with Crippen LogP contribution in [0.3, 0.4) is 0 Å². The number of carbonyl (C=O) groups excluding carboxylic acids is 2. The molecule has 2 aliphatic rings. The molecule has 146 valence electrons. The molecule has 27 heavy (non-hydrogen) atoms. The maximum absolute atomic E-state index is 13.1. The molecular formula is C21H28N2O4. The van der Waals surface area contributed by atoms with Crippen molar-refractivity contribution in [3.63, 3.8) is 0 Å². The molecule has 0 radical (unpaired) electrons. The lowest BCUT2D eigenvalue weighted by Crippen LogP contribution is -2.42. The van der Waals surface area contributed by atoms with Crippen LogP contribution < -0.4 is 10.2 Å². The Kier molecular flexibility index (Phi) is 5.53.